The van der Waals surface area contributed by atoms with Gasteiger partial charge in [-0.3, -0.25) is 0 Å². The number of carbonyl (C=O) groups is 1. The molecule has 5 nitrogen and oxygen atoms in total. The Labute approximate surface area is 140 Å². The van der Waals surface area contributed by atoms with Gasteiger partial charge in [0.15, 0.2) is 5.13 Å². The molecule has 23 heavy (non-hydrogen) atoms. The van der Waals surface area contributed by atoms with Crippen molar-refractivity contribution in [2.24, 2.45) is 0 Å². The summed E-state index contributed by atoms with van der Waals surface area (Å²) in [6.45, 7) is 5.16. The second-order valence-electron chi connectivity index (χ2n) is 5.27. The molecule has 0 atom stereocenters. The lowest BCUT2D eigenvalue weighted by Gasteiger charge is -2.07. The third kappa shape index (κ3) is 5.25. The molecule has 0 aliphatic rings. The van der Waals surface area contributed by atoms with Crippen molar-refractivity contribution in [2.45, 2.75) is 39.7 Å². The number of anilines is 1. The van der Waals surface area contributed by atoms with E-state index in [1.165, 1.54) is 12.8 Å². The summed E-state index contributed by atoms with van der Waals surface area (Å²) >= 11 is 1.10. The number of hydrogen-bond donors (Lipinski definition) is 1. The third-order valence-electron chi connectivity index (χ3n) is 3.37. The number of carbonyl (C=O) groups excluding carboxylic acids is 1. The van der Waals surface area contributed by atoms with Crippen molar-refractivity contribution in [1.29, 1.82) is 0 Å². The second kappa shape index (κ2) is 8.53. The van der Waals surface area contributed by atoms with Crippen LogP contribution in [0.2, 0.25) is 0 Å². The number of rotatable bonds is 9. The smallest absolute Gasteiger partial charge is 0.183 e. The molecule has 0 bridgehead atoms. The molecule has 0 aliphatic carbocycles. The van der Waals surface area contributed by atoms with E-state index in [4.69, 9.17) is 4.74 Å². The van der Waals surface area contributed by atoms with Crippen LogP contribution in [0.25, 0.3) is 0 Å². The average molecular weight is 333 g/mol. The quantitative estimate of drug-likeness (QED) is 0.714. The minimum atomic E-state index is -1.18. The topological polar surface area (TPSA) is 74.3 Å². The molecule has 0 fully saturated rings. The molecule has 0 spiro atoms. The molecule has 2 rings (SSSR count). The predicted octanol–water partition coefficient (Wildman–Crippen LogP) is 3.00. The Kier molecular flexibility index (Phi) is 6.40. The molecule has 0 amide bonds. The number of thiazole rings is 1. The molecule has 1 aromatic heterocycles. The van der Waals surface area contributed by atoms with Crippen molar-refractivity contribution in [3.05, 3.63) is 40.4 Å². The lowest BCUT2D eigenvalue weighted by molar-refractivity contribution is -0.254. The van der Waals surface area contributed by atoms with Gasteiger partial charge in [-0.15, -0.1) is 0 Å². The number of benzene rings is 1. The van der Waals surface area contributed by atoms with E-state index in [0.29, 0.717) is 17.4 Å². The van der Waals surface area contributed by atoms with Crippen LogP contribution < -0.4 is 15.2 Å². The molecule has 1 heterocycles. The Bertz CT molecular complexity index is 638. The standard InChI is InChI=1S/C17H22N2O3S/c1-3-4-5-10-22-14-8-6-13(7-9-14)11-18-17-19-12(2)15(23-17)16(20)21/h6-9H,3-5,10-11H2,1-2H3,(H,18,19)(H,20,21)/p-1. The Morgan fingerprint density at radius 1 is 1.30 bits per heavy atom. The first-order valence-corrected chi connectivity index (χ1v) is 8.56. The van der Waals surface area contributed by atoms with Crippen LogP contribution in [0.15, 0.2) is 24.3 Å². The zero-order chi connectivity index (χ0) is 16.7. The molecule has 1 N–H and O–H groups in total. The molecule has 0 aliphatic heterocycles. The van der Waals surface area contributed by atoms with Crippen LogP contribution in [0.4, 0.5) is 5.13 Å². The second-order valence-corrected chi connectivity index (χ2v) is 6.27. The molecular weight excluding hydrogens is 312 g/mol. The molecule has 0 saturated heterocycles. The lowest BCUT2D eigenvalue weighted by Crippen LogP contribution is -2.21. The zero-order valence-electron chi connectivity index (χ0n) is 13.4. The van der Waals surface area contributed by atoms with Gasteiger partial charge in [-0.2, -0.15) is 0 Å². The Morgan fingerprint density at radius 2 is 2.04 bits per heavy atom. The van der Waals surface area contributed by atoms with Crippen molar-refractivity contribution >= 4 is 22.4 Å². The molecule has 0 unspecified atom stereocenters. The van der Waals surface area contributed by atoms with Gasteiger partial charge in [-0.1, -0.05) is 43.2 Å². The zero-order valence-corrected chi connectivity index (χ0v) is 14.2. The van der Waals surface area contributed by atoms with Gasteiger partial charge in [0.2, 0.25) is 0 Å². The fourth-order valence-electron chi connectivity index (χ4n) is 2.08. The lowest BCUT2D eigenvalue weighted by atomic mass is 10.2. The number of hydrogen-bond acceptors (Lipinski definition) is 6. The van der Waals surface area contributed by atoms with Gasteiger partial charge in [0.25, 0.3) is 0 Å². The Morgan fingerprint density at radius 3 is 2.65 bits per heavy atom. The Balaban J connectivity index is 1.84. The van der Waals surface area contributed by atoms with E-state index in [1.807, 2.05) is 24.3 Å². The van der Waals surface area contributed by atoms with Gasteiger partial charge in [-0.25, -0.2) is 4.98 Å². The summed E-state index contributed by atoms with van der Waals surface area (Å²) in [7, 11) is 0. The number of aromatic carboxylic acids is 1. The van der Waals surface area contributed by atoms with E-state index in [-0.39, 0.29) is 4.88 Å². The first kappa shape index (κ1) is 17.3. The molecular formula is C17H21N2O3S-. The third-order valence-corrected chi connectivity index (χ3v) is 4.46. The summed E-state index contributed by atoms with van der Waals surface area (Å²) in [6, 6.07) is 7.87. The fourth-order valence-corrected chi connectivity index (χ4v) is 2.88. The maximum Gasteiger partial charge on any atom is 0.183 e. The SMILES string of the molecule is CCCCCOc1ccc(CNc2nc(C)c(C(=O)[O-])s2)cc1. The highest BCUT2D eigenvalue weighted by Gasteiger charge is 2.08. The molecule has 0 radical (unpaired) electrons. The van der Waals surface area contributed by atoms with Gasteiger partial charge in [0, 0.05) is 6.54 Å². The number of aromatic nitrogens is 1. The predicted molar refractivity (Wildman–Crippen MR) is 90.0 cm³/mol. The van der Waals surface area contributed by atoms with E-state index in [1.54, 1.807) is 6.92 Å². The maximum atomic E-state index is 10.9. The van der Waals surface area contributed by atoms with Crippen molar-refractivity contribution in [1.82, 2.24) is 4.98 Å². The highest BCUT2D eigenvalue weighted by molar-refractivity contribution is 7.17. The highest BCUT2D eigenvalue weighted by atomic mass is 32.1. The summed E-state index contributed by atoms with van der Waals surface area (Å²) in [5.41, 5.74) is 1.56. The van der Waals surface area contributed by atoms with Crippen molar-refractivity contribution in [3.8, 4) is 5.75 Å². The summed E-state index contributed by atoms with van der Waals surface area (Å²) in [5.74, 6) is -0.313. The van der Waals surface area contributed by atoms with Gasteiger partial charge < -0.3 is 20.0 Å². The van der Waals surface area contributed by atoms with Crippen LogP contribution in [0.1, 0.15) is 47.1 Å². The van der Waals surface area contributed by atoms with Crippen LogP contribution >= 0.6 is 11.3 Å². The maximum absolute atomic E-state index is 10.9. The minimum absolute atomic E-state index is 0.170. The number of ether oxygens (including phenoxy) is 1. The first-order valence-electron chi connectivity index (χ1n) is 7.74. The van der Waals surface area contributed by atoms with Crippen LogP contribution in [0, 0.1) is 6.92 Å². The van der Waals surface area contributed by atoms with Crippen LogP contribution in [0.3, 0.4) is 0 Å². The molecule has 6 heteroatoms. The number of carboxylic acids is 1. The monoisotopic (exact) mass is 333 g/mol. The highest BCUT2D eigenvalue weighted by Crippen LogP contribution is 2.22. The van der Waals surface area contributed by atoms with Gasteiger partial charge in [-0.05, 0) is 31.0 Å². The van der Waals surface area contributed by atoms with E-state index in [2.05, 4.69) is 17.2 Å². The van der Waals surface area contributed by atoms with E-state index < -0.39 is 5.97 Å². The largest absolute Gasteiger partial charge is 0.544 e. The minimum Gasteiger partial charge on any atom is -0.544 e. The van der Waals surface area contributed by atoms with E-state index >= 15 is 0 Å². The number of nitrogens with zero attached hydrogens (tertiary/aromatic N) is 1. The van der Waals surface area contributed by atoms with E-state index in [0.717, 1.165) is 35.7 Å². The number of aryl methyl sites for hydroxylation is 1. The number of unbranched alkanes of at least 4 members (excludes halogenated alkanes) is 2. The average Bonchev–Trinajstić information content (AvgIpc) is 2.92. The van der Waals surface area contributed by atoms with Crippen molar-refractivity contribution in [2.75, 3.05) is 11.9 Å². The summed E-state index contributed by atoms with van der Waals surface area (Å²) in [6.07, 6.45) is 3.44. The first-order chi connectivity index (χ1) is 11.1. The Hall–Kier alpha value is -2.08. The molecule has 1 aromatic carbocycles. The van der Waals surface area contributed by atoms with Gasteiger partial charge >= 0.3 is 0 Å². The number of nitrogens with one attached hydrogen (secondary N) is 1. The van der Waals surface area contributed by atoms with E-state index in [9.17, 15) is 9.90 Å². The van der Waals surface area contributed by atoms with Crippen LogP contribution in [-0.2, 0) is 6.54 Å². The van der Waals surface area contributed by atoms with Gasteiger partial charge in [0.1, 0.15) is 5.75 Å². The van der Waals surface area contributed by atoms with Crippen LogP contribution in [0.5, 0.6) is 5.75 Å². The van der Waals surface area contributed by atoms with Crippen molar-refractivity contribution in [3.63, 3.8) is 0 Å². The normalized spacial score (nSPS) is 10.5. The van der Waals surface area contributed by atoms with Crippen molar-refractivity contribution < 1.29 is 14.6 Å². The fraction of sp³-hybridized carbons (Fsp3) is 0.412. The molecule has 2 aromatic rings. The number of carboxylic acid groups (broad SMARTS) is 1. The summed E-state index contributed by atoms with van der Waals surface area (Å²) < 4.78 is 5.67. The molecule has 124 valence electrons. The molecule has 0 saturated carbocycles. The van der Waals surface area contributed by atoms with Crippen LogP contribution in [-0.4, -0.2) is 17.6 Å². The summed E-state index contributed by atoms with van der Waals surface area (Å²) in [4.78, 5) is 15.2. The summed E-state index contributed by atoms with van der Waals surface area (Å²) in [5, 5.41) is 14.6. The van der Waals surface area contributed by atoms with Gasteiger partial charge in [0.05, 0.1) is 23.1 Å².